The second-order valence-electron chi connectivity index (χ2n) is 5.07. The number of rotatable bonds is 3. The van der Waals surface area contributed by atoms with Crippen molar-refractivity contribution in [1.82, 2.24) is 20.1 Å². The first-order chi connectivity index (χ1) is 8.97. The molecule has 19 heavy (non-hydrogen) atoms. The minimum absolute atomic E-state index is 0.299. The first kappa shape index (κ1) is 13.7. The molecule has 0 aliphatic heterocycles. The lowest BCUT2D eigenvalue weighted by atomic mass is 10.3. The Morgan fingerprint density at radius 3 is 2.63 bits per heavy atom. The summed E-state index contributed by atoms with van der Waals surface area (Å²) in [5.41, 5.74) is 1.76. The maximum Gasteiger partial charge on any atom is 0.171 e. The number of anilines is 1. The van der Waals surface area contributed by atoms with Crippen molar-refractivity contribution in [2.24, 2.45) is 0 Å². The van der Waals surface area contributed by atoms with E-state index in [0.29, 0.717) is 17.2 Å². The van der Waals surface area contributed by atoms with Gasteiger partial charge in [-0.3, -0.25) is 0 Å². The lowest BCUT2D eigenvalue weighted by Crippen LogP contribution is -2.33. The van der Waals surface area contributed by atoms with Crippen molar-refractivity contribution < 1.29 is 0 Å². The lowest BCUT2D eigenvalue weighted by Gasteiger charge is -2.13. The molecule has 0 radical (unpaired) electrons. The quantitative estimate of drug-likeness (QED) is 0.845. The van der Waals surface area contributed by atoms with Gasteiger partial charge in [0.1, 0.15) is 0 Å². The Kier molecular flexibility index (Phi) is 3.99. The van der Waals surface area contributed by atoms with Gasteiger partial charge in [0.25, 0.3) is 0 Å². The molecule has 0 fully saturated rings. The van der Waals surface area contributed by atoms with E-state index in [4.69, 9.17) is 12.2 Å². The first-order valence-corrected chi connectivity index (χ1v) is 6.79. The number of fused-ring (bicyclic) bond motifs is 1. The minimum Gasteiger partial charge on any atom is -0.360 e. The summed E-state index contributed by atoms with van der Waals surface area (Å²) in [4.78, 5) is 4.45. The average molecular weight is 277 g/mol. The smallest absolute Gasteiger partial charge is 0.171 e. The highest BCUT2D eigenvalue weighted by molar-refractivity contribution is 7.80. The molecule has 2 N–H and O–H groups in total. The Bertz CT molecular complexity index is 588. The summed E-state index contributed by atoms with van der Waals surface area (Å²) in [6, 6.07) is 2.61. The Labute approximate surface area is 118 Å². The van der Waals surface area contributed by atoms with Gasteiger partial charge in [-0.15, -0.1) is 0 Å². The second kappa shape index (κ2) is 5.52. The molecule has 0 unspecified atom stereocenters. The van der Waals surface area contributed by atoms with Crippen LogP contribution in [-0.2, 0) is 0 Å². The van der Waals surface area contributed by atoms with Crippen LogP contribution in [0, 0.1) is 0 Å². The van der Waals surface area contributed by atoms with Crippen LogP contribution in [0.2, 0.25) is 0 Å². The molecule has 5 nitrogen and oxygen atoms in total. The Balaban J connectivity index is 2.21. The van der Waals surface area contributed by atoms with Crippen molar-refractivity contribution >= 4 is 34.1 Å². The molecule has 102 valence electrons. The number of hydrogen-bond donors (Lipinski definition) is 2. The minimum atomic E-state index is 0.299. The largest absolute Gasteiger partial charge is 0.360 e. The van der Waals surface area contributed by atoms with Crippen LogP contribution in [-0.4, -0.2) is 25.9 Å². The zero-order valence-electron chi connectivity index (χ0n) is 11.6. The molecule has 2 aromatic rings. The van der Waals surface area contributed by atoms with E-state index in [1.54, 1.807) is 6.20 Å². The number of nitrogens with zero attached hydrogens (tertiary/aromatic N) is 3. The number of pyridine rings is 1. The van der Waals surface area contributed by atoms with Crippen LogP contribution in [0.4, 0.5) is 5.69 Å². The summed E-state index contributed by atoms with van der Waals surface area (Å²) < 4.78 is 1.91. The molecular weight excluding hydrogens is 258 g/mol. The Morgan fingerprint density at radius 2 is 2.00 bits per heavy atom. The number of hydrogen-bond acceptors (Lipinski definition) is 3. The molecule has 2 aromatic heterocycles. The van der Waals surface area contributed by atoms with E-state index in [0.717, 1.165) is 16.7 Å². The normalized spacial score (nSPS) is 11.3. The summed E-state index contributed by atoms with van der Waals surface area (Å²) in [5, 5.41) is 12.2. The molecule has 0 spiro atoms. The maximum absolute atomic E-state index is 5.21. The fourth-order valence-corrected chi connectivity index (χ4v) is 2.17. The van der Waals surface area contributed by atoms with Gasteiger partial charge in [0.05, 0.1) is 18.1 Å². The van der Waals surface area contributed by atoms with Crippen LogP contribution in [0.3, 0.4) is 0 Å². The molecule has 0 aromatic carbocycles. The number of nitrogens with one attached hydrogen (secondary N) is 2. The SMILES string of the molecule is CC(C)NC(=S)Nc1cnc2c(cnn2C(C)C)c1. The fourth-order valence-electron chi connectivity index (χ4n) is 1.82. The molecule has 6 heteroatoms. The Morgan fingerprint density at radius 1 is 1.26 bits per heavy atom. The third-order valence-corrected chi connectivity index (χ3v) is 2.82. The summed E-state index contributed by atoms with van der Waals surface area (Å²) in [6.07, 6.45) is 3.60. The second-order valence-corrected chi connectivity index (χ2v) is 5.48. The van der Waals surface area contributed by atoms with Gasteiger partial charge in [0.15, 0.2) is 10.8 Å². The molecule has 0 saturated carbocycles. The molecule has 0 amide bonds. The molecule has 2 heterocycles. The van der Waals surface area contributed by atoms with Gasteiger partial charge in [-0.1, -0.05) is 0 Å². The van der Waals surface area contributed by atoms with E-state index in [1.807, 2.05) is 30.8 Å². The van der Waals surface area contributed by atoms with Crippen molar-refractivity contribution in [1.29, 1.82) is 0 Å². The predicted octanol–water partition coefficient (Wildman–Crippen LogP) is 2.71. The highest BCUT2D eigenvalue weighted by atomic mass is 32.1. The van der Waals surface area contributed by atoms with E-state index in [2.05, 4.69) is 34.6 Å². The van der Waals surface area contributed by atoms with Gasteiger partial charge in [0, 0.05) is 17.5 Å². The zero-order valence-corrected chi connectivity index (χ0v) is 12.5. The maximum atomic E-state index is 5.21. The van der Waals surface area contributed by atoms with Crippen LogP contribution in [0.1, 0.15) is 33.7 Å². The first-order valence-electron chi connectivity index (χ1n) is 6.38. The monoisotopic (exact) mass is 277 g/mol. The topological polar surface area (TPSA) is 54.8 Å². The van der Waals surface area contributed by atoms with E-state index in [-0.39, 0.29) is 0 Å². The third kappa shape index (κ3) is 3.20. The van der Waals surface area contributed by atoms with E-state index in [9.17, 15) is 0 Å². The van der Waals surface area contributed by atoms with E-state index >= 15 is 0 Å². The summed E-state index contributed by atoms with van der Waals surface area (Å²) in [6.45, 7) is 8.26. The van der Waals surface area contributed by atoms with Crippen molar-refractivity contribution in [3.05, 3.63) is 18.5 Å². The summed E-state index contributed by atoms with van der Waals surface area (Å²) in [5.74, 6) is 0. The van der Waals surface area contributed by atoms with Gasteiger partial charge in [-0.2, -0.15) is 5.10 Å². The van der Waals surface area contributed by atoms with Crippen molar-refractivity contribution in [3.63, 3.8) is 0 Å². The van der Waals surface area contributed by atoms with Gasteiger partial charge in [-0.05, 0) is 46.0 Å². The summed E-state index contributed by atoms with van der Waals surface area (Å²) in [7, 11) is 0. The summed E-state index contributed by atoms with van der Waals surface area (Å²) >= 11 is 5.21. The van der Waals surface area contributed by atoms with Crippen LogP contribution in [0.5, 0.6) is 0 Å². The molecule has 0 aliphatic rings. The van der Waals surface area contributed by atoms with Gasteiger partial charge in [-0.25, -0.2) is 9.67 Å². The molecule has 0 saturated heterocycles. The van der Waals surface area contributed by atoms with Gasteiger partial charge in [0.2, 0.25) is 0 Å². The molecular formula is C13H19N5S. The predicted molar refractivity (Wildman–Crippen MR) is 82.4 cm³/mol. The van der Waals surface area contributed by atoms with Crippen LogP contribution in [0.15, 0.2) is 18.5 Å². The standard InChI is InChI=1S/C13H19N5S/c1-8(2)16-13(19)17-11-5-10-6-15-18(9(3)4)12(10)14-7-11/h5-9H,1-4H3,(H2,16,17,19). The van der Waals surface area contributed by atoms with E-state index in [1.165, 1.54) is 0 Å². The molecule has 0 atom stereocenters. The Hall–Kier alpha value is -1.69. The average Bonchev–Trinajstić information content (AvgIpc) is 2.70. The highest BCUT2D eigenvalue weighted by Gasteiger charge is 2.08. The fraction of sp³-hybridized carbons (Fsp3) is 0.462. The van der Waals surface area contributed by atoms with E-state index < -0.39 is 0 Å². The number of thiocarbonyl (C=S) groups is 1. The van der Waals surface area contributed by atoms with Crippen molar-refractivity contribution in [2.45, 2.75) is 39.8 Å². The van der Waals surface area contributed by atoms with Gasteiger partial charge >= 0.3 is 0 Å². The zero-order chi connectivity index (χ0) is 14.0. The molecule has 0 bridgehead atoms. The number of aromatic nitrogens is 3. The van der Waals surface area contributed by atoms with Crippen LogP contribution in [0.25, 0.3) is 11.0 Å². The molecule has 2 rings (SSSR count). The lowest BCUT2D eigenvalue weighted by molar-refractivity contribution is 0.546. The third-order valence-electron chi connectivity index (χ3n) is 2.60. The highest BCUT2D eigenvalue weighted by Crippen LogP contribution is 2.18. The van der Waals surface area contributed by atoms with Crippen LogP contribution >= 0.6 is 12.2 Å². The van der Waals surface area contributed by atoms with Crippen molar-refractivity contribution in [3.8, 4) is 0 Å². The molecule has 0 aliphatic carbocycles. The van der Waals surface area contributed by atoms with Crippen LogP contribution < -0.4 is 10.6 Å². The van der Waals surface area contributed by atoms with Gasteiger partial charge < -0.3 is 10.6 Å². The van der Waals surface area contributed by atoms with Crippen molar-refractivity contribution in [2.75, 3.05) is 5.32 Å².